The number of aliphatic hydroxyl groups excluding tert-OH is 1. The Balaban J connectivity index is 1.94. The third-order valence-electron chi connectivity index (χ3n) is 3.32. The van der Waals surface area contributed by atoms with Gasteiger partial charge in [-0.3, -0.25) is 4.90 Å². The fourth-order valence-corrected chi connectivity index (χ4v) is 2.32. The molecule has 1 aromatic heterocycles. The van der Waals surface area contributed by atoms with E-state index in [1.807, 2.05) is 6.92 Å². The molecule has 0 spiro atoms. The number of rotatable bonds is 3. The molecule has 2 rings (SSSR count). The summed E-state index contributed by atoms with van der Waals surface area (Å²) >= 11 is 0. The molecule has 1 aromatic rings. The van der Waals surface area contributed by atoms with Crippen LogP contribution in [0.5, 0.6) is 0 Å². The fraction of sp³-hybridized carbons (Fsp3) is 0.667. The molecule has 17 heavy (non-hydrogen) atoms. The average Bonchev–Trinajstić information content (AvgIpc) is 2.29. The fourth-order valence-electron chi connectivity index (χ4n) is 2.32. The van der Waals surface area contributed by atoms with E-state index in [4.69, 9.17) is 5.73 Å². The molecule has 0 saturated carbocycles. The second-order valence-electron chi connectivity index (χ2n) is 4.78. The minimum Gasteiger partial charge on any atom is -0.393 e. The molecule has 2 atom stereocenters. The quantitative estimate of drug-likeness (QED) is 0.806. The predicted molar refractivity (Wildman–Crippen MR) is 66.1 cm³/mol. The molecule has 1 aliphatic heterocycles. The van der Waals surface area contributed by atoms with Gasteiger partial charge < -0.3 is 10.8 Å². The van der Waals surface area contributed by atoms with E-state index in [2.05, 4.69) is 14.9 Å². The summed E-state index contributed by atoms with van der Waals surface area (Å²) in [4.78, 5) is 10.7. The number of hydrogen-bond donors (Lipinski definition) is 2. The van der Waals surface area contributed by atoms with Crippen LogP contribution < -0.4 is 5.73 Å². The highest BCUT2D eigenvalue weighted by atomic mass is 16.3. The van der Waals surface area contributed by atoms with Crippen LogP contribution in [0.4, 0.5) is 5.82 Å². The second kappa shape index (κ2) is 5.42. The maximum atomic E-state index is 9.63. The summed E-state index contributed by atoms with van der Waals surface area (Å²) in [6, 6.07) is 1.69. The Morgan fingerprint density at radius 1 is 1.65 bits per heavy atom. The first-order valence-corrected chi connectivity index (χ1v) is 6.13. The highest BCUT2D eigenvalue weighted by molar-refractivity contribution is 5.24. The molecular formula is C12H20N4O. The van der Waals surface area contributed by atoms with E-state index in [9.17, 15) is 5.11 Å². The van der Waals surface area contributed by atoms with Crippen molar-refractivity contribution in [3.05, 3.63) is 18.1 Å². The first kappa shape index (κ1) is 12.3. The summed E-state index contributed by atoms with van der Waals surface area (Å²) in [7, 11) is 0. The largest absolute Gasteiger partial charge is 0.393 e. The highest BCUT2D eigenvalue weighted by Crippen LogP contribution is 2.20. The van der Waals surface area contributed by atoms with Gasteiger partial charge in [0.25, 0.3) is 0 Å². The van der Waals surface area contributed by atoms with Gasteiger partial charge in [0.2, 0.25) is 0 Å². The van der Waals surface area contributed by atoms with Gasteiger partial charge in [-0.15, -0.1) is 0 Å². The van der Waals surface area contributed by atoms with Gasteiger partial charge in [-0.25, -0.2) is 9.97 Å². The number of piperidine rings is 1. The summed E-state index contributed by atoms with van der Waals surface area (Å²) in [5, 5.41) is 9.63. The Kier molecular flexibility index (Phi) is 3.91. The molecule has 0 aliphatic carbocycles. The maximum Gasteiger partial charge on any atom is 0.144 e. The molecule has 0 amide bonds. The van der Waals surface area contributed by atoms with Crippen LogP contribution in [-0.2, 0) is 6.54 Å². The van der Waals surface area contributed by atoms with Gasteiger partial charge >= 0.3 is 0 Å². The zero-order valence-corrected chi connectivity index (χ0v) is 10.2. The molecule has 1 aliphatic rings. The van der Waals surface area contributed by atoms with Gasteiger partial charge in [-0.1, -0.05) is 0 Å². The Morgan fingerprint density at radius 3 is 3.18 bits per heavy atom. The van der Waals surface area contributed by atoms with Crippen molar-refractivity contribution >= 4 is 5.82 Å². The van der Waals surface area contributed by atoms with Crippen LogP contribution in [0.3, 0.4) is 0 Å². The van der Waals surface area contributed by atoms with Gasteiger partial charge in [0.05, 0.1) is 12.6 Å². The average molecular weight is 236 g/mol. The van der Waals surface area contributed by atoms with E-state index in [1.165, 1.54) is 0 Å². The first-order valence-electron chi connectivity index (χ1n) is 6.13. The lowest BCUT2D eigenvalue weighted by Crippen LogP contribution is -2.39. The van der Waals surface area contributed by atoms with Crippen molar-refractivity contribution in [1.29, 1.82) is 0 Å². The van der Waals surface area contributed by atoms with Crippen molar-refractivity contribution in [2.24, 2.45) is 5.92 Å². The number of nitrogens with zero attached hydrogens (tertiary/aromatic N) is 3. The topological polar surface area (TPSA) is 75.3 Å². The smallest absolute Gasteiger partial charge is 0.144 e. The van der Waals surface area contributed by atoms with Crippen molar-refractivity contribution in [3.63, 3.8) is 0 Å². The Hall–Kier alpha value is -1.20. The SMILES string of the molecule is CC(O)C1CCCN(Cc2nccc(N)n2)C1. The van der Waals surface area contributed by atoms with Gasteiger partial charge in [-0.05, 0) is 38.3 Å². The minimum atomic E-state index is -0.237. The van der Waals surface area contributed by atoms with E-state index in [-0.39, 0.29) is 6.10 Å². The molecule has 94 valence electrons. The van der Waals surface area contributed by atoms with Gasteiger partial charge in [0.1, 0.15) is 11.6 Å². The lowest BCUT2D eigenvalue weighted by Gasteiger charge is -2.33. The molecule has 0 bridgehead atoms. The molecule has 5 nitrogen and oxygen atoms in total. The zero-order valence-electron chi connectivity index (χ0n) is 10.2. The van der Waals surface area contributed by atoms with Crippen LogP contribution >= 0.6 is 0 Å². The van der Waals surface area contributed by atoms with Crippen molar-refractivity contribution in [2.75, 3.05) is 18.8 Å². The van der Waals surface area contributed by atoms with E-state index < -0.39 is 0 Å². The summed E-state index contributed by atoms with van der Waals surface area (Å²) in [5.74, 6) is 1.64. The Bertz CT molecular complexity index is 369. The number of nitrogen functional groups attached to an aromatic ring is 1. The maximum absolute atomic E-state index is 9.63. The number of nitrogens with two attached hydrogens (primary N) is 1. The van der Waals surface area contributed by atoms with Gasteiger partial charge in [0, 0.05) is 12.7 Å². The van der Waals surface area contributed by atoms with E-state index in [0.29, 0.717) is 18.3 Å². The van der Waals surface area contributed by atoms with Crippen LogP contribution in [0.15, 0.2) is 12.3 Å². The van der Waals surface area contributed by atoms with Crippen molar-refractivity contribution in [2.45, 2.75) is 32.4 Å². The van der Waals surface area contributed by atoms with E-state index in [0.717, 1.165) is 31.8 Å². The number of likely N-dealkylation sites (tertiary alicyclic amines) is 1. The third-order valence-corrected chi connectivity index (χ3v) is 3.32. The van der Waals surface area contributed by atoms with Crippen LogP contribution in [0.25, 0.3) is 0 Å². The van der Waals surface area contributed by atoms with Crippen LogP contribution in [0.1, 0.15) is 25.6 Å². The molecule has 3 N–H and O–H groups in total. The zero-order chi connectivity index (χ0) is 12.3. The number of anilines is 1. The van der Waals surface area contributed by atoms with Gasteiger partial charge in [0.15, 0.2) is 0 Å². The number of aliphatic hydroxyl groups is 1. The van der Waals surface area contributed by atoms with Gasteiger partial charge in [-0.2, -0.15) is 0 Å². The van der Waals surface area contributed by atoms with Crippen LogP contribution in [0.2, 0.25) is 0 Å². The Morgan fingerprint density at radius 2 is 2.47 bits per heavy atom. The highest BCUT2D eigenvalue weighted by Gasteiger charge is 2.23. The predicted octanol–water partition coefficient (Wildman–Crippen LogP) is 0.652. The van der Waals surface area contributed by atoms with Crippen molar-refractivity contribution in [3.8, 4) is 0 Å². The molecule has 5 heteroatoms. The summed E-state index contributed by atoms with van der Waals surface area (Å²) < 4.78 is 0. The molecule has 2 heterocycles. The summed E-state index contributed by atoms with van der Waals surface area (Å²) in [5.41, 5.74) is 5.63. The third kappa shape index (κ3) is 3.38. The molecule has 2 unspecified atom stereocenters. The first-order chi connectivity index (χ1) is 8.15. The lowest BCUT2D eigenvalue weighted by molar-refractivity contribution is 0.0589. The molecule has 0 radical (unpaired) electrons. The van der Waals surface area contributed by atoms with Crippen molar-refractivity contribution < 1.29 is 5.11 Å². The summed E-state index contributed by atoms with van der Waals surface area (Å²) in [6.45, 7) is 4.54. The normalized spacial score (nSPS) is 23.5. The van der Waals surface area contributed by atoms with E-state index in [1.54, 1.807) is 12.3 Å². The number of aromatic nitrogens is 2. The Labute approximate surface area is 102 Å². The minimum absolute atomic E-state index is 0.237. The molecule has 1 fully saturated rings. The standard InChI is InChI=1S/C12H20N4O/c1-9(17)10-3-2-6-16(7-10)8-12-14-5-4-11(13)15-12/h4-5,9-10,17H,2-3,6-8H2,1H3,(H2,13,14,15). The lowest BCUT2D eigenvalue weighted by atomic mass is 9.93. The molecular weight excluding hydrogens is 216 g/mol. The monoisotopic (exact) mass is 236 g/mol. The number of hydrogen-bond acceptors (Lipinski definition) is 5. The van der Waals surface area contributed by atoms with Crippen molar-refractivity contribution in [1.82, 2.24) is 14.9 Å². The molecule has 1 saturated heterocycles. The van der Waals surface area contributed by atoms with Crippen LogP contribution in [0, 0.1) is 5.92 Å². The second-order valence-corrected chi connectivity index (χ2v) is 4.78. The molecule has 0 aromatic carbocycles. The van der Waals surface area contributed by atoms with E-state index >= 15 is 0 Å². The summed E-state index contributed by atoms with van der Waals surface area (Å²) in [6.07, 6.45) is 3.68. The van der Waals surface area contributed by atoms with Crippen LogP contribution in [-0.4, -0.2) is 39.2 Å².